The predicted octanol–water partition coefficient (Wildman–Crippen LogP) is 2.62. The van der Waals surface area contributed by atoms with Gasteiger partial charge in [0.25, 0.3) is 0 Å². The summed E-state index contributed by atoms with van der Waals surface area (Å²) in [5, 5.41) is 0. The Bertz CT molecular complexity index is 598. The highest BCUT2D eigenvalue weighted by Crippen LogP contribution is 2.33. The molecule has 0 saturated heterocycles. The number of ether oxygens (including phenoxy) is 1. The first kappa shape index (κ1) is 12.4. The highest BCUT2D eigenvalue weighted by Gasteiger charge is 2.18. The van der Waals surface area contributed by atoms with E-state index in [2.05, 4.69) is 9.97 Å². The summed E-state index contributed by atoms with van der Waals surface area (Å²) >= 11 is 1.83. The molecule has 5 heteroatoms. The first-order valence-electron chi connectivity index (χ1n) is 6.09. The van der Waals surface area contributed by atoms with Crippen molar-refractivity contribution in [3.05, 3.63) is 41.1 Å². The minimum atomic E-state index is 0.615. The number of rotatable bonds is 3. The summed E-state index contributed by atoms with van der Waals surface area (Å²) < 4.78 is 5.10. The van der Waals surface area contributed by atoms with Crippen LogP contribution in [0.15, 0.2) is 24.3 Å². The zero-order valence-corrected chi connectivity index (χ0v) is 11.5. The van der Waals surface area contributed by atoms with Crippen LogP contribution >= 0.6 is 11.8 Å². The van der Waals surface area contributed by atoms with Crippen molar-refractivity contribution in [2.45, 2.75) is 18.1 Å². The highest BCUT2D eigenvalue weighted by atomic mass is 32.2. The van der Waals surface area contributed by atoms with Gasteiger partial charge in [0.1, 0.15) is 5.82 Å². The molecule has 1 aromatic heterocycles. The third-order valence-corrected chi connectivity index (χ3v) is 4.10. The lowest BCUT2D eigenvalue weighted by Crippen LogP contribution is -2.02. The van der Waals surface area contributed by atoms with Crippen LogP contribution < -0.4 is 5.73 Å². The molecule has 4 nitrogen and oxygen atoms in total. The minimum Gasteiger partial charge on any atom is -0.383 e. The van der Waals surface area contributed by atoms with Crippen molar-refractivity contribution in [2.75, 3.05) is 12.8 Å². The van der Waals surface area contributed by atoms with Gasteiger partial charge in [-0.1, -0.05) is 24.3 Å². The van der Waals surface area contributed by atoms with E-state index in [-0.39, 0.29) is 0 Å². The SMILES string of the molecule is COCc1ccc(-c2nc(N)c3c(n2)CSC3)cc1. The van der Waals surface area contributed by atoms with Crippen LogP contribution in [0.3, 0.4) is 0 Å². The van der Waals surface area contributed by atoms with Gasteiger partial charge in [-0.15, -0.1) is 0 Å². The van der Waals surface area contributed by atoms with Gasteiger partial charge in [-0.25, -0.2) is 9.97 Å². The normalized spacial score (nSPS) is 13.5. The summed E-state index contributed by atoms with van der Waals surface area (Å²) in [6, 6.07) is 8.08. The number of thioether (sulfide) groups is 1. The Morgan fingerprint density at radius 1 is 1.21 bits per heavy atom. The number of nitrogens with zero attached hydrogens (tertiary/aromatic N) is 2. The first-order chi connectivity index (χ1) is 9.28. The lowest BCUT2D eigenvalue weighted by atomic mass is 10.1. The van der Waals surface area contributed by atoms with Gasteiger partial charge in [-0.05, 0) is 5.56 Å². The maximum Gasteiger partial charge on any atom is 0.161 e. The molecule has 0 spiro atoms. The number of aromatic nitrogens is 2. The average molecular weight is 273 g/mol. The summed E-state index contributed by atoms with van der Waals surface area (Å²) in [7, 11) is 1.69. The topological polar surface area (TPSA) is 61.0 Å². The third kappa shape index (κ3) is 2.43. The van der Waals surface area contributed by atoms with E-state index in [1.165, 1.54) is 0 Å². The molecular formula is C14H15N3OS. The van der Waals surface area contributed by atoms with E-state index < -0.39 is 0 Å². The third-order valence-electron chi connectivity index (χ3n) is 3.13. The molecule has 2 N–H and O–H groups in total. The Kier molecular flexibility index (Phi) is 3.40. The number of anilines is 1. The van der Waals surface area contributed by atoms with E-state index in [9.17, 15) is 0 Å². The van der Waals surface area contributed by atoms with E-state index in [1.54, 1.807) is 7.11 Å². The van der Waals surface area contributed by atoms with Crippen LogP contribution in [0.5, 0.6) is 0 Å². The first-order valence-corrected chi connectivity index (χ1v) is 7.24. The number of methoxy groups -OCH3 is 1. The van der Waals surface area contributed by atoms with Crippen LogP contribution in [-0.2, 0) is 22.8 Å². The maximum atomic E-state index is 6.00. The van der Waals surface area contributed by atoms with Gasteiger partial charge < -0.3 is 10.5 Å². The summed E-state index contributed by atoms with van der Waals surface area (Å²) in [6.45, 7) is 0.615. The van der Waals surface area contributed by atoms with Gasteiger partial charge in [0.15, 0.2) is 5.82 Å². The Labute approximate surface area is 116 Å². The van der Waals surface area contributed by atoms with Crippen LogP contribution in [0.4, 0.5) is 5.82 Å². The fourth-order valence-electron chi connectivity index (χ4n) is 2.12. The number of fused-ring (bicyclic) bond motifs is 1. The van der Waals surface area contributed by atoms with Crippen LogP contribution in [-0.4, -0.2) is 17.1 Å². The maximum absolute atomic E-state index is 6.00. The Hall–Kier alpha value is -1.59. The van der Waals surface area contributed by atoms with Crippen molar-refractivity contribution in [1.82, 2.24) is 9.97 Å². The van der Waals surface area contributed by atoms with Crippen molar-refractivity contribution in [3.63, 3.8) is 0 Å². The average Bonchev–Trinajstić information content (AvgIpc) is 2.89. The summed E-state index contributed by atoms with van der Waals surface area (Å²) in [4.78, 5) is 9.03. The van der Waals surface area contributed by atoms with Gasteiger partial charge in [0.2, 0.25) is 0 Å². The van der Waals surface area contributed by atoms with Crippen LogP contribution in [0, 0.1) is 0 Å². The fraction of sp³-hybridized carbons (Fsp3) is 0.286. The number of hydrogen-bond acceptors (Lipinski definition) is 5. The molecule has 0 radical (unpaired) electrons. The van der Waals surface area contributed by atoms with Gasteiger partial charge in [-0.3, -0.25) is 0 Å². The van der Waals surface area contributed by atoms with E-state index in [1.807, 2.05) is 36.0 Å². The molecule has 0 fully saturated rings. The molecular weight excluding hydrogens is 258 g/mol. The molecule has 1 aromatic carbocycles. The summed E-state index contributed by atoms with van der Waals surface area (Å²) in [5.41, 5.74) is 10.3. The van der Waals surface area contributed by atoms with Crippen molar-refractivity contribution < 1.29 is 4.74 Å². The molecule has 98 valence electrons. The molecule has 1 aliphatic rings. The van der Waals surface area contributed by atoms with Gasteiger partial charge in [0, 0.05) is 29.7 Å². The van der Waals surface area contributed by atoms with E-state index >= 15 is 0 Å². The molecule has 19 heavy (non-hydrogen) atoms. The number of benzene rings is 1. The standard InChI is InChI=1S/C14H15N3OS/c1-18-6-9-2-4-10(5-3-9)14-16-12-8-19-7-11(12)13(15)17-14/h2-5H,6-8H2,1H3,(H2,15,16,17). The Balaban J connectivity index is 1.96. The van der Waals surface area contributed by atoms with Crippen LogP contribution in [0.25, 0.3) is 11.4 Å². The largest absolute Gasteiger partial charge is 0.383 e. The van der Waals surface area contributed by atoms with Gasteiger partial charge >= 0.3 is 0 Å². The number of nitrogen functional groups attached to an aromatic ring is 1. The lowest BCUT2D eigenvalue weighted by Gasteiger charge is -2.07. The molecule has 0 bridgehead atoms. The minimum absolute atomic E-state index is 0.615. The predicted molar refractivity (Wildman–Crippen MR) is 77.6 cm³/mol. The van der Waals surface area contributed by atoms with Gasteiger partial charge in [-0.2, -0.15) is 11.8 Å². The molecule has 3 rings (SSSR count). The van der Waals surface area contributed by atoms with Crippen molar-refractivity contribution in [2.24, 2.45) is 0 Å². The molecule has 0 amide bonds. The van der Waals surface area contributed by atoms with Crippen molar-refractivity contribution in [3.8, 4) is 11.4 Å². The quantitative estimate of drug-likeness (QED) is 0.931. The second kappa shape index (κ2) is 5.19. The number of hydrogen-bond donors (Lipinski definition) is 1. The van der Waals surface area contributed by atoms with E-state index in [4.69, 9.17) is 10.5 Å². The Morgan fingerprint density at radius 2 is 2.00 bits per heavy atom. The molecule has 0 saturated carbocycles. The smallest absolute Gasteiger partial charge is 0.161 e. The Morgan fingerprint density at radius 3 is 2.74 bits per heavy atom. The second-order valence-corrected chi connectivity index (χ2v) is 5.47. The zero-order chi connectivity index (χ0) is 13.2. The van der Waals surface area contributed by atoms with Crippen LogP contribution in [0.1, 0.15) is 16.8 Å². The molecule has 0 atom stereocenters. The fourth-order valence-corrected chi connectivity index (χ4v) is 3.17. The lowest BCUT2D eigenvalue weighted by molar-refractivity contribution is 0.185. The number of nitrogens with two attached hydrogens (primary N) is 1. The van der Waals surface area contributed by atoms with Crippen molar-refractivity contribution in [1.29, 1.82) is 0 Å². The van der Waals surface area contributed by atoms with Crippen molar-refractivity contribution >= 4 is 17.6 Å². The monoisotopic (exact) mass is 273 g/mol. The highest BCUT2D eigenvalue weighted by molar-refractivity contribution is 7.98. The molecule has 2 aromatic rings. The van der Waals surface area contributed by atoms with E-state index in [0.29, 0.717) is 18.2 Å². The van der Waals surface area contributed by atoms with E-state index in [0.717, 1.165) is 33.9 Å². The summed E-state index contributed by atoms with van der Waals surface area (Å²) in [6.07, 6.45) is 0. The molecule has 0 unspecified atom stereocenters. The molecule has 2 heterocycles. The molecule has 1 aliphatic heterocycles. The molecule has 0 aliphatic carbocycles. The van der Waals surface area contributed by atoms with Gasteiger partial charge in [0.05, 0.1) is 12.3 Å². The summed E-state index contributed by atoms with van der Waals surface area (Å²) in [5.74, 6) is 3.18. The second-order valence-electron chi connectivity index (χ2n) is 4.48. The zero-order valence-electron chi connectivity index (χ0n) is 10.7. The van der Waals surface area contributed by atoms with Crippen LogP contribution in [0.2, 0.25) is 0 Å².